The van der Waals surface area contributed by atoms with Crippen molar-refractivity contribution in [3.63, 3.8) is 0 Å². The second-order valence-electron chi connectivity index (χ2n) is 4.08. The van der Waals surface area contributed by atoms with Crippen molar-refractivity contribution >= 4 is 11.9 Å². The fourth-order valence-corrected chi connectivity index (χ4v) is 1.53. The Bertz CT molecular complexity index is 421. The molecule has 86 valence electrons. The maximum atomic E-state index is 11.0. The Balaban J connectivity index is 3.19. The van der Waals surface area contributed by atoms with Gasteiger partial charge in [-0.3, -0.25) is 0 Å². The van der Waals surface area contributed by atoms with Gasteiger partial charge in [0.2, 0.25) is 0 Å². The van der Waals surface area contributed by atoms with E-state index in [4.69, 9.17) is 10.2 Å². The molecule has 16 heavy (non-hydrogen) atoms. The molecule has 0 spiro atoms. The molecule has 0 fully saturated rings. The van der Waals surface area contributed by atoms with Crippen LogP contribution in [0.3, 0.4) is 0 Å². The summed E-state index contributed by atoms with van der Waals surface area (Å²) in [4.78, 5) is 21.7. The Morgan fingerprint density at radius 1 is 1.19 bits per heavy atom. The quantitative estimate of drug-likeness (QED) is 0.819. The van der Waals surface area contributed by atoms with Crippen LogP contribution in [0, 0.1) is 5.92 Å². The average Bonchev–Trinajstić information content (AvgIpc) is 2.16. The monoisotopic (exact) mass is 222 g/mol. The summed E-state index contributed by atoms with van der Waals surface area (Å²) in [5.41, 5.74) is 0.756. The molecule has 0 atom stereocenters. The molecular formula is C12H14O4. The van der Waals surface area contributed by atoms with Crippen LogP contribution in [-0.2, 0) is 6.42 Å². The lowest BCUT2D eigenvalue weighted by Crippen LogP contribution is -2.08. The van der Waals surface area contributed by atoms with Gasteiger partial charge in [0.15, 0.2) is 0 Å². The van der Waals surface area contributed by atoms with Crippen molar-refractivity contribution in [2.24, 2.45) is 5.92 Å². The molecule has 0 saturated carbocycles. The lowest BCUT2D eigenvalue weighted by atomic mass is 9.96. The van der Waals surface area contributed by atoms with Crippen LogP contribution in [-0.4, -0.2) is 22.2 Å². The predicted molar refractivity (Wildman–Crippen MR) is 58.9 cm³/mol. The molecule has 0 unspecified atom stereocenters. The minimum atomic E-state index is -1.11. The number of aromatic carboxylic acids is 2. The predicted octanol–water partition coefficient (Wildman–Crippen LogP) is 2.28. The van der Waals surface area contributed by atoms with Gasteiger partial charge in [0.1, 0.15) is 0 Å². The molecule has 1 aromatic rings. The number of carboxylic acid groups (broad SMARTS) is 2. The molecule has 0 aromatic heterocycles. The first kappa shape index (κ1) is 12.2. The molecule has 0 heterocycles. The van der Waals surface area contributed by atoms with Gasteiger partial charge in [0.25, 0.3) is 0 Å². The number of carbonyl (C=O) groups is 2. The molecule has 0 aliphatic heterocycles. The van der Waals surface area contributed by atoms with Crippen LogP contribution in [0.25, 0.3) is 0 Å². The Kier molecular flexibility index (Phi) is 3.66. The summed E-state index contributed by atoms with van der Waals surface area (Å²) in [6.45, 7) is 3.97. The van der Waals surface area contributed by atoms with E-state index in [1.807, 2.05) is 13.8 Å². The fraction of sp³-hybridized carbons (Fsp3) is 0.333. The maximum Gasteiger partial charge on any atom is 0.335 e. The van der Waals surface area contributed by atoms with Crippen LogP contribution in [0.4, 0.5) is 0 Å². The van der Waals surface area contributed by atoms with Gasteiger partial charge in [-0.2, -0.15) is 0 Å². The van der Waals surface area contributed by atoms with Crippen LogP contribution < -0.4 is 0 Å². The molecule has 0 amide bonds. The normalized spacial score (nSPS) is 10.4. The highest BCUT2D eigenvalue weighted by Gasteiger charge is 2.14. The highest BCUT2D eigenvalue weighted by molar-refractivity contribution is 5.94. The Hall–Kier alpha value is -1.84. The second-order valence-corrected chi connectivity index (χ2v) is 4.08. The first-order valence-corrected chi connectivity index (χ1v) is 5.01. The summed E-state index contributed by atoms with van der Waals surface area (Å²) in [5, 5.41) is 17.8. The zero-order valence-corrected chi connectivity index (χ0v) is 9.23. The molecule has 4 nitrogen and oxygen atoms in total. The van der Waals surface area contributed by atoms with Gasteiger partial charge in [-0.25, -0.2) is 9.59 Å². The van der Waals surface area contributed by atoms with Crippen LogP contribution >= 0.6 is 0 Å². The van der Waals surface area contributed by atoms with Gasteiger partial charge in [0, 0.05) is 0 Å². The minimum absolute atomic E-state index is 0.00454. The Morgan fingerprint density at radius 2 is 1.81 bits per heavy atom. The molecular weight excluding hydrogens is 208 g/mol. The van der Waals surface area contributed by atoms with Gasteiger partial charge in [0.05, 0.1) is 11.1 Å². The molecule has 0 saturated heterocycles. The van der Waals surface area contributed by atoms with E-state index >= 15 is 0 Å². The smallest absolute Gasteiger partial charge is 0.335 e. The molecule has 1 rings (SSSR count). The molecule has 2 N–H and O–H groups in total. The van der Waals surface area contributed by atoms with E-state index in [0.29, 0.717) is 17.9 Å². The summed E-state index contributed by atoms with van der Waals surface area (Å²) < 4.78 is 0. The van der Waals surface area contributed by atoms with Crippen molar-refractivity contribution in [1.82, 2.24) is 0 Å². The van der Waals surface area contributed by atoms with Crippen molar-refractivity contribution in [2.45, 2.75) is 20.3 Å². The third kappa shape index (κ3) is 2.82. The number of benzene rings is 1. The van der Waals surface area contributed by atoms with E-state index in [-0.39, 0.29) is 11.1 Å². The molecule has 0 bridgehead atoms. The Morgan fingerprint density at radius 3 is 2.25 bits per heavy atom. The topological polar surface area (TPSA) is 74.6 Å². The zero-order valence-electron chi connectivity index (χ0n) is 9.23. The molecule has 4 heteroatoms. The summed E-state index contributed by atoms with van der Waals surface area (Å²) >= 11 is 0. The molecule has 1 aromatic carbocycles. The van der Waals surface area contributed by atoms with Gasteiger partial charge >= 0.3 is 11.9 Å². The van der Waals surface area contributed by atoms with Gasteiger partial charge in [-0.15, -0.1) is 0 Å². The summed E-state index contributed by atoms with van der Waals surface area (Å²) in [6, 6.07) is 4.22. The van der Waals surface area contributed by atoms with Crippen LogP contribution in [0.15, 0.2) is 18.2 Å². The van der Waals surface area contributed by atoms with Gasteiger partial charge in [-0.05, 0) is 30.0 Å². The zero-order chi connectivity index (χ0) is 12.3. The maximum absolute atomic E-state index is 11.0. The largest absolute Gasteiger partial charge is 0.478 e. The highest BCUT2D eigenvalue weighted by Crippen LogP contribution is 2.16. The van der Waals surface area contributed by atoms with E-state index < -0.39 is 11.9 Å². The first-order valence-electron chi connectivity index (χ1n) is 5.01. The third-order valence-electron chi connectivity index (χ3n) is 2.22. The highest BCUT2D eigenvalue weighted by atomic mass is 16.4. The van der Waals surface area contributed by atoms with Crippen molar-refractivity contribution in [2.75, 3.05) is 0 Å². The van der Waals surface area contributed by atoms with Gasteiger partial charge < -0.3 is 10.2 Å². The van der Waals surface area contributed by atoms with Crippen molar-refractivity contribution < 1.29 is 19.8 Å². The van der Waals surface area contributed by atoms with Crippen LogP contribution in [0.5, 0.6) is 0 Å². The number of carboxylic acids is 2. The van der Waals surface area contributed by atoms with E-state index in [1.54, 1.807) is 6.07 Å². The minimum Gasteiger partial charge on any atom is -0.478 e. The second kappa shape index (κ2) is 4.79. The average molecular weight is 222 g/mol. The molecule has 0 radical (unpaired) electrons. The van der Waals surface area contributed by atoms with Crippen molar-refractivity contribution in [3.05, 3.63) is 34.9 Å². The SMILES string of the molecule is CC(C)Cc1ccc(C(=O)O)cc1C(=O)O. The van der Waals surface area contributed by atoms with Crippen molar-refractivity contribution in [3.8, 4) is 0 Å². The van der Waals surface area contributed by atoms with E-state index in [9.17, 15) is 9.59 Å². The van der Waals surface area contributed by atoms with Gasteiger partial charge in [-0.1, -0.05) is 19.9 Å². The summed E-state index contributed by atoms with van der Waals surface area (Å²) in [6.07, 6.45) is 0.627. The Labute approximate surface area is 93.5 Å². The fourth-order valence-electron chi connectivity index (χ4n) is 1.53. The molecule has 0 aliphatic carbocycles. The van der Waals surface area contributed by atoms with Crippen LogP contribution in [0.1, 0.15) is 40.1 Å². The summed E-state index contributed by atoms with van der Waals surface area (Å²) in [7, 11) is 0. The van der Waals surface area contributed by atoms with Crippen molar-refractivity contribution in [1.29, 1.82) is 0 Å². The number of hydrogen-bond donors (Lipinski definition) is 2. The van der Waals surface area contributed by atoms with E-state index in [1.165, 1.54) is 12.1 Å². The number of rotatable bonds is 4. The van der Waals surface area contributed by atoms with E-state index in [0.717, 1.165) is 0 Å². The lowest BCUT2D eigenvalue weighted by Gasteiger charge is -2.09. The lowest BCUT2D eigenvalue weighted by molar-refractivity contribution is 0.0695. The van der Waals surface area contributed by atoms with E-state index in [2.05, 4.69) is 0 Å². The summed E-state index contributed by atoms with van der Waals surface area (Å²) in [5.74, 6) is -1.87. The molecule has 0 aliphatic rings. The first-order chi connectivity index (χ1) is 7.41. The third-order valence-corrected chi connectivity index (χ3v) is 2.22. The number of hydrogen-bond acceptors (Lipinski definition) is 2. The van der Waals surface area contributed by atoms with Crippen LogP contribution in [0.2, 0.25) is 0 Å². The standard InChI is InChI=1S/C12H14O4/c1-7(2)5-8-3-4-9(11(13)14)6-10(8)12(15)16/h3-4,6-7H,5H2,1-2H3,(H,13,14)(H,15,16).